The number of aryl methyl sites for hydroxylation is 1. The number of carboxylic acid groups (broad SMARTS) is 1. The van der Waals surface area contributed by atoms with Gasteiger partial charge >= 0.3 is 5.97 Å². The lowest BCUT2D eigenvalue weighted by Crippen LogP contribution is -2.58. The van der Waals surface area contributed by atoms with Crippen molar-refractivity contribution < 1.29 is 19.8 Å². The van der Waals surface area contributed by atoms with Crippen LogP contribution < -0.4 is 5.56 Å². The van der Waals surface area contributed by atoms with E-state index in [1.54, 1.807) is 13.1 Å². The van der Waals surface area contributed by atoms with Gasteiger partial charge in [-0.15, -0.1) is 0 Å². The molecule has 1 aliphatic carbocycles. The van der Waals surface area contributed by atoms with Gasteiger partial charge in [-0.3, -0.25) is 14.4 Å². The first kappa shape index (κ1) is 19.6. The van der Waals surface area contributed by atoms with Gasteiger partial charge in [-0.2, -0.15) is 0 Å². The Labute approximate surface area is 158 Å². The zero-order chi connectivity index (χ0) is 19.9. The van der Waals surface area contributed by atoms with Gasteiger partial charge in [0.1, 0.15) is 11.0 Å². The lowest BCUT2D eigenvalue weighted by molar-refractivity contribution is -0.163. The predicted molar refractivity (Wildman–Crippen MR) is 99.7 cm³/mol. The van der Waals surface area contributed by atoms with E-state index in [1.807, 2.05) is 13.8 Å². The Kier molecular flexibility index (Phi) is 5.16. The molecule has 0 radical (unpaired) electrons. The van der Waals surface area contributed by atoms with E-state index in [0.717, 1.165) is 24.1 Å². The fourth-order valence-corrected chi connectivity index (χ4v) is 4.36. The van der Waals surface area contributed by atoms with Crippen LogP contribution in [-0.4, -0.2) is 50.8 Å². The molecule has 0 unspecified atom stereocenters. The number of carbonyl (C=O) groups excluding carboxylic acids is 1. The number of likely N-dealkylation sites (tertiary alicyclic amines) is 1. The molecule has 27 heavy (non-hydrogen) atoms. The SMILES string of the molecule is CCc1c(C)cc(C(=O)N2CC[C@H](O)[C@](CC3CC3)(C(=O)O)C2)c(=O)n1C. The second-order valence-corrected chi connectivity index (χ2v) is 8.05. The summed E-state index contributed by atoms with van der Waals surface area (Å²) in [6, 6.07) is 1.61. The molecule has 0 spiro atoms. The van der Waals surface area contributed by atoms with Gasteiger partial charge in [0.15, 0.2) is 0 Å². The Balaban J connectivity index is 1.93. The Hall–Kier alpha value is -2.15. The van der Waals surface area contributed by atoms with Gasteiger partial charge in [0, 0.05) is 25.8 Å². The van der Waals surface area contributed by atoms with Gasteiger partial charge in [0.2, 0.25) is 0 Å². The minimum atomic E-state index is -1.35. The summed E-state index contributed by atoms with van der Waals surface area (Å²) in [7, 11) is 1.65. The smallest absolute Gasteiger partial charge is 0.314 e. The quantitative estimate of drug-likeness (QED) is 0.808. The first-order chi connectivity index (χ1) is 12.7. The van der Waals surface area contributed by atoms with Crippen molar-refractivity contribution in [2.45, 2.75) is 52.1 Å². The molecule has 1 aromatic rings. The number of rotatable bonds is 5. The van der Waals surface area contributed by atoms with Crippen molar-refractivity contribution in [2.24, 2.45) is 18.4 Å². The number of aliphatic carboxylic acids is 1. The molecular formula is C20H28N2O5. The molecule has 0 aromatic carbocycles. The predicted octanol–water partition coefficient (Wildman–Crippen LogP) is 1.33. The summed E-state index contributed by atoms with van der Waals surface area (Å²) in [4.78, 5) is 39.2. The highest BCUT2D eigenvalue weighted by Gasteiger charge is 2.52. The largest absolute Gasteiger partial charge is 0.481 e. The number of hydrogen-bond acceptors (Lipinski definition) is 4. The van der Waals surface area contributed by atoms with E-state index in [2.05, 4.69) is 0 Å². The summed E-state index contributed by atoms with van der Waals surface area (Å²) < 4.78 is 1.50. The molecule has 1 aliphatic heterocycles. The highest BCUT2D eigenvalue weighted by atomic mass is 16.4. The second-order valence-electron chi connectivity index (χ2n) is 8.05. The van der Waals surface area contributed by atoms with Gasteiger partial charge in [-0.1, -0.05) is 19.8 Å². The van der Waals surface area contributed by atoms with Crippen molar-refractivity contribution in [3.8, 4) is 0 Å². The van der Waals surface area contributed by atoms with Gasteiger partial charge in [-0.05, 0) is 43.7 Å². The molecule has 1 amide bonds. The Morgan fingerprint density at radius 1 is 1.30 bits per heavy atom. The molecule has 1 saturated carbocycles. The van der Waals surface area contributed by atoms with Crippen LogP contribution in [0.3, 0.4) is 0 Å². The molecule has 0 bridgehead atoms. The molecule has 1 aromatic heterocycles. The van der Waals surface area contributed by atoms with E-state index in [-0.39, 0.29) is 30.6 Å². The van der Waals surface area contributed by atoms with Crippen LogP contribution in [-0.2, 0) is 18.3 Å². The monoisotopic (exact) mass is 376 g/mol. The van der Waals surface area contributed by atoms with Crippen molar-refractivity contribution in [1.82, 2.24) is 9.47 Å². The number of carboxylic acids is 1. The van der Waals surface area contributed by atoms with E-state index in [4.69, 9.17) is 0 Å². The third-order valence-electron chi connectivity index (χ3n) is 6.17. The molecule has 2 heterocycles. The maximum absolute atomic E-state index is 13.1. The van der Waals surface area contributed by atoms with Crippen molar-refractivity contribution >= 4 is 11.9 Å². The van der Waals surface area contributed by atoms with Crippen molar-refractivity contribution in [3.63, 3.8) is 0 Å². The molecule has 2 atom stereocenters. The van der Waals surface area contributed by atoms with E-state index in [0.29, 0.717) is 18.8 Å². The third-order valence-corrected chi connectivity index (χ3v) is 6.17. The van der Waals surface area contributed by atoms with E-state index < -0.39 is 23.4 Å². The number of pyridine rings is 1. The maximum atomic E-state index is 13.1. The molecule has 148 valence electrons. The lowest BCUT2D eigenvalue weighted by atomic mass is 9.73. The molecule has 7 nitrogen and oxygen atoms in total. The number of hydrogen-bond donors (Lipinski definition) is 2. The molecule has 1 saturated heterocycles. The lowest BCUT2D eigenvalue weighted by Gasteiger charge is -2.43. The first-order valence-electron chi connectivity index (χ1n) is 9.61. The standard InChI is InChI=1S/C20H28N2O5/c1-4-15-12(2)9-14(17(24)21(15)3)18(25)22-8-7-16(23)20(11-22,19(26)27)10-13-5-6-13/h9,13,16,23H,4-8,10-11H2,1-3H3,(H,26,27)/t16-,20+/m0/s1. The number of aliphatic hydroxyl groups excluding tert-OH is 1. The second kappa shape index (κ2) is 7.11. The average molecular weight is 376 g/mol. The number of aliphatic hydroxyl groups is 1. The van der Waals surface area contributed by atoms with E-state index in [1.165, 1.54) is 9.47 Å². The van der Waals surface area contributed by atoms with Crippen LogP contribution in [0.2, 0.25) is 0 Å². The summed E-state index contributed by atoms with van der Waals surface area (Å²) in [5, 5.41) is 20.3. The summed E-state index contributed by atoms with van der Waals surface area (Å²) >= 11 is 0. The molecule has 2 N–H and O–H groups in total. The van der Waals surface area contributed by atoms with Crippen LogP contribution in [0.4, 0.5) is 0 Å². The third kappa shape index (κ3) is 3.40. The normalized spacial score (nSPS) is 25.5. The van der Waals surface area contributed by atoms with Crippen molar-refractivity contribution in [3.05, 3.63) is 33.2 Å². The van der Waals surface area contributed by atoms with E-state index in [9.17, 15) is 24.6 Å². The summed E-state index contributed by atoms with van der Waals surface area (Å²) in [6.07, 6.45) is 2.22. The van der Waals surface area contributed by atoms with Gasteiger partial charge in [0.05, 0.1) is 6.10 Å². The minimum absolute atomic E-state index is 0.0590. The zero-order valence-corrected chi connectivity index (χ0v) is 16.2. The van der Waals surface area contributed by atoms with Crippen molar-refractivity contribution in [1.29, 1.82) is 0 Å². The number of nitrogens with zero attached hydrogens (tertiary/aromatic N) is 2. The fraction of sp³-hybridized carbons (Fsp3) is 0.650. The van der Waals surface area contributed by atoms with Crippen LogP contribution in [0.15, 0.2) is 10.9 Å². The molecular weight excluding hydrogens is 348 g/mol. The number of amides is 1. The Bertz CT molecular complexity index is 826. The Morgan fingerprint density at radius 3 is 2.52 bits per heavy atom. The topological polar surface area (TPSA) is 99.8 Å². The van der Waals surface area contributed by atoms with E-state index >= 15 is 0 Å². The van der Waals surface area contributed by atoms with Crippen LogP contribution >= 0.6 is 0 Å². The highest BCUT2D eigenvalue weighted by molar-refractivity contribution is 5.94. The maximum Gasteiger partial charge on any atom is 0.314 e. The molecule has 3 rings (SSSR count). The van der Waals surface area contributed by atoms with Gasteiger partial charge < -0.3 is 19.7 Å². The first-order valence-corrected chi connectivity index (χ1v) is 9.61. The van der Waals surface area contributed by atoms with Crippen LogP contribution in [0.1, 0.15) is 54.2 Å². The minimum Gasteiger partial charge on any atom is -0.481 e. The zero-order valence-electron chi connectivity index (χ0n) is 16.2. The fourth-order valence-electron chi connectivity index (χ4n) is 4.36. The van der Waals surface area contributed by atoms with Crippen LogP contribution in [0, 0.1) is 18.3 Å². The van der Waals surface area contributed by atoms with Crippen LogP contribution in [0.25, 0.3) is 0 Å². The number of carbonyl (C=O) groups is 2. The summed E-state index contributed by atoms with van der Waals surface area (Å²) in [6.45, 7) is 4.01. The van der Waals surface area contributed by atoms with Gasteiger partial charge in [0.25, 0.3) is 11.5 Å². The van der Waals surface area contributed by atoms with Crippen LogP contribution in [0.5, 0.6) is 0 Å². The molecule has 7 heteroatoms. The molecule has 2 fully saturated rings. The number of aromatic nitrogens is 1. The van der Waals surface area contributed by atoms with Crippen molar-refractivity contribution in [2.75, 3.05) is 13.1 Å². The Morgan fingerprint density at radius 2 is 1.96 bits per heavy atom. The summed E-state index contributed by atoms with van der Waals surface area (Å²) in [5.41, 5.74) is 0.0892. The van der Waals surface area contributed by atoms with Gasteiger partial charge in [-0.25, -0.2) is 0 Å². The summed E-state index contributed by atoms with van der Waals surface area (Å²) in [5.74, 6) is -1.22. The average Bonchev–Trinajstić information content (AvgIpc) is 3.43. The number of piperidine rings is 1. The highest BCUT2D eigenvalue weighted by Crippen LogP contribution is 2.45. The molecule has 2 aliphatic rings.